The van der Waals surface area contributed by atoms with Crippen molar-refractivity contribution in [2.45, 2.75) is 25.4 Å². The summed E-state index contributed by atoms with van der Waals surface area (Å²) in [5, 5.41) is 23.2. The van der Waals surface area contributed by atoms with Gasteiger partial charge in [-0.1, -0.05) is 0 Å². The molecule has 0 aliphatic rings. The summed E-state index contributed by atoms with van der Waals surface area (Å²) in [4.78, 5) is 61.0. The number of aliphatic carboxylic acids is 2. The van der Waals surface area contributed by atoms with Crippen LogP contribution in [0.4, 0.5) is 11.6 Å². The maximum Gasteiger partial charge on any atom is 0.326 e. The number of aromatic nitrogens is 4. The van der Waals surface area contributed by atoms with Crippen molar-refractivity contribution in [3.05, 3.63) is 52.1 Å². The highest BCUT2D eigenvalue weighted by Crippen LogP contribution is 2.12. The quantitative estimate of drug-likeness (QED) is 0.258. The number of nitrogens with zero attached hydrogens (tertiary/aromatic N) is 3. The lowest BCUT2D eigenvalue weighted by molar-refractivity contribution is -0.140. The van der Waals surface area contributed by atoms with Crippen LogP contribution in [0, 0.1) is 0 Å². The van der Waals surface area contributed by atoms with E-state index in [-0.39, 0.29) is 29.2 Å². The number of rotatable bonds is 9. The average molecular weight is 443 g/mol. The fraction of sp³-hybridized carbons (Fsp3) is 0.211. The fourth-order valence-corrected chi connectivity index (χ4v) is 2.62. The third-order valence-corrected chi connectivity index (χ3v) is 4.17. The Kier molecular flexibility index (Phi) is 5.77. The molecule has 0 aliphatic carbocycles. The van der Waals surface area contributed by atoms with Crippen LogP contribution in [0.1, 0.15) is 31.6 Å². The highest BCUT2D eigenvalue weighted by atomic mass is 16.4. The van der Waals surface area contributed by atoms with Crippen LogP contribution >= 0.6 is 0 Å². The maximum atomic E-state index is 12.4. The summed E-state index contributed by atoms with van der Waals surface area (Å²) in [6.07, 6.45) is -2.35. The molecule has 7 N–H and O–H groups in total. The summed E-state index contributed by atoms with van der Waals surface area (Å²) >= 11 is 0. The zero-order valence-corrected chi connectivity index (χ0v) is 16.3. The molecule has 0 aliphatic heterocycles. The first-order chi connectivity index (χ1) is 16.0. The molecule has 0 saturated carbocycles. The van der Waals surface area contributed by atoms with Crippen molar-refractivity contribution >= 4 is 40.6 Å². The van der Waals surface area contributed by atoms with Crippen molar-refractivity contribution in [2.75, 3.05) is 11.1 Å². The number of carbonyl (C=O) groups is 3. The van der Waals surface area contributed by atoms with E-state index in [0.717, 1.165) is 0 Å². The minimum absolute atomic E-state index is 0.0285. The number of nitrogen functional groups attached to an aromatic ring is 1. The molecule has 166 valence electrons. The van der Waals surface area contributed by atoms with Crippen molar-refractivity contribution < 1.29 is 27.3 Å². The lowest BCUT2D eigenvalue weighted by Crippen LogP contribution is -2.41. The van der Waals surface area contributed by atoms with Gasteiger partial charge in [-0.15, -0.1) is 0 Å². The van der Waals surface area contributed by atoms with Gasteiger partial charge in [0.25, 0.3) is 11.5 Å². The second kappa shape index (κ2) is 9.51. The van der Waals surface area contributed by atoms with Crippen LogP contribution in [0.25, 0.3) is 11.2 Å². The maximum absolute atomic E-state index is 12.4. The number of fused-ring (bicyclic) bond motifs is 1. The molecule has 32 heavy (non-hydrogen) atoms. The number of benzene rings is 1. The predicted molar refractivity (Wildman–Crippen MR) is 112 cm³/mol. The number of anilines is 2. The minimum atomic E-state index is -2.83. The van der Waals surface area contributed by atoms with Crippen molar-refractivity contribution in [1.29, 1.82) is 0 Å². The van der Waals surface area contributed by atoms with Crippen LogP contribution in [0.15, 0.2) is 35.3 Å². The van der Waals surface area contributed by atoms with Crippen molar-refractivity contribution in [1.82, 2.24) is 25.3 Å². The largest absolute Gasteiger partial charge is 0.481 e. The third kappa shape index (κ3) is 5.53. The lowest BCUT2D eigenvalue weighted by Gasteiger charge is -2.14. The van der Waals surface area contributed by atoms with Crippen LogP contribution in [-0.2, 0) is 16.1 Å². The number of H-pyrrole nitrogens is 1. The number of carbonyl (C=O) groups excluding carboxylic acids is 1. The highest BCUT2D eigenvalue weighted by molar-refractivity contribution is 5.96. The second-order valence-corrected chi connectivity index (χ2v) is 6.47. The Bertz CT molecular complexity index is 1310. The number of aromatic amines is 1. The Hall–Kier alpha value is -4.55. The molecule has 13 heteroatoms. The monoisotopic (exact) mass is 443 g/mol. The topological polar surface area (TPSA) is 213 Å². The van der Waals surface area contributed by atoms with Gasteiger partial charge in [-0.25, -0.2) is 14.8 Å². The van der Waals surface area contributed by atoms with Gasteiger partial charge in [-0.05, 0) is 30.7 Å². The van der Waals surface area contributed by atoms with Gasteiger partial charge in [-0.2, -0.15) is 4.98 Å². The molecule has 0 radical (unpaired) electrons. The molecule has 3 rings (SSSR count). The van der Waals surface area contributed by atoms with Gasteiger partial charge in [0.15, 0.2) is 11.2 Å². The molecule has 0 saturated heterocycles. The lowest BCUT2D eigenvalue weighted by atomic mass is 10.1. The molecular weight excluding hydrogens is 422 g/mol. The van der Waals surface area contributed by atoms with Crippen LogP contribution in [0.5, 0.6) is 0 Å². The SMILES string of the molecule is [2H]C([2H])(C[C@H](NC(=O)c1ccc(NCc2cnc3nc(N)[nH]c(=O)c3n2)cc1)C(=O)O)C(=O)O. The van der Waals surface area contributed by atoms with Gasteiger partial charge in [0.1, 0.15) is 6.04 Å². The van der Waals surface area contributed by atoms with E-state index < -0.39 is 42.2 Å². The summed E-state index contributed by atoms with van der Waals surface area (Å²) in [6.45, 7) is 0.184. The smallest absolute Gasteiger partial charge is 0.326 e. The molecule has 1 aromatic carbocycles. The Morgan fingerprint density at radius 2 is 1.91 bits per heavy atom. The van der Waals surface area contributed by atoms with E-state index in [1.54, 1.807) is 0 Å². The Morgan fingerprint density at radius 3 is 2.56 bits per heavy atom. The Labute approximate surface area is 182 Å². The van der Waals surface area contributed by atoms with Gasteiger partial charge >= 0.3 is 11.9 Å². The zero-order chi connectivity index (χ0) is 25.0. The summed E-state index contributed by atoms with van der Waals surface area (Å²) in [5.41, 5.74) is 6.16. The number of nitrogens with two attached hydrogens (primary N) is 1. The number of carboxylic acid groups (broad SMARTS) is 2. The van der Waals surface area contributed by atoms with Crippen LogP contribution in [0.3, 0.4) is 0 Å². The number of hydrogen-bond acceptors (Lipinski definition) is 9. The summed E-state index contributed by atoms with van der Waals surface area (Å²) < 4.78 is 14.7. The molecule has 13 nitrogen and oxygen atoms in total. The van der Waals surface area contributed by atoms with Gasteiger partial charge in [0.2, 0.25) is 5.95 Å². The molecule has 3 aromatic rings. The summed E-state index contributed by atoms with van der Waals surface area (Å²) in [5.74, 6) is -4.28. The molecule has 2 heterocycles. The van der Waals surface area contributed by atoms with Gasteiger partial charge in [0, 0.05) is 20.4 Å². The van der Waals surface area contributed by atoms with Crippen LogP contribution in [0.2, 0.25) is 0 Å². The minimum Gasteiger partial charge on any atom is -0.481 e. The van der Waals surface area contributed by atoms with Gasteiger partial charge < -0.3 is 26.6 Å². The zero-order valence-electron chi connectivity index (χ0n) is 18.3. The first-order valence-electron chi connectivity index (χ1n) is 10.1. The van der Waals surface area contributed by atoms with Crippen LogP contribution < -0.4 is 21.9 Å². The average Bonchev–Trinajstić information content (AvgIpc) is 2.77. The van der Waals surface area contributed by atoms with Crippen molar-refractivity contribution in [3.8, 4) is 0 Å². The van der Waals surface area contributed by atoms with Crippen LogP contribution in [-0.4, -0.2) is 54.0 Å². The molecule has 1 atom stereocenters. The third-order valence-electron chi connectivity index (χ3n) is 4.17. The number of carboxylic acids is 2. The number of hydrogen-bond donors (Lipinski definition) is 6. The van der Waals surface area contributed by atoms with E-state index in [4.69, 9.17) is 13.6 Å². The van der Waals surface area contributed by atoms with E-state index in [1.807, 2.05) is 0 Å². The molecule has 1 amide bonds. The van der Waals surface area contributed by atoms with E-state index in [1.165, 1.54) is 30.5 Å². The molecule has 0 fully saturated rings. The predicted octanol–water partition coefficient (Wildman–Crippen LogP) is -0.0448. The first-order valence-corrected chi connectivity index (χ1v) is 9.08. The van der Waals surface area contributed by atoms with Gasteiger partial charge in [0.05, 0.1) is 18.4 Å². The van der Waals surface area contributed by atoms with E-state index in [0.29, 0.717) is 11.4 Å². The second-order valence-electron chi connectivity index (χ2n) is 6.47. The molecule has 2 aromatic heterocycles. The standard InChI is InChI=1S/C19H19N7O6/c20-19-25-15-14(17(30)26-19)23-11(8-22-15)7-21-10-3-1-9(2-4-10)16(29)24-12(18(31)32)5-6-13(27)28/h1-4,8,12,21H,5-7H2,(H,24,29)(H,27,28)(H,31,32)(H3,20,22,25,26,30)/t12-/m0/s1/i6D2. The van der Waals surface area contributed by atoms with E-state index in [9.17, 15) is 24.3 Å². The fourth-order valence-electron chi connectivity index (χ4n) is 2.62. The molecule has 0 unspecified atom stereocenters. The van der Waals surface area contributed by atoms with Crippen molar-refractivity contribution in [3.63, 3.8) is 0 Å². The summed E-state index contributed by atoms with van der Waals surface area (Å²) in [6, 6.07) is 4.11. The number of amides is 1. The summed E-state index contributed by atoms with van der Waals surface area (Å²) in [7, 11) is 0. The van der Waals surface area contributed by atoms with E-state index in [2.05, 4.69) is 30.6 Å². The van der Waals surface area contributed by atoms with Crippen molar-refractivity contribution in [2.24, 2.45) is 0 Å². The Balaban J connectivity index is 1.64. The van der Waals surface area contributed by atoms with E-state index >= 15 is 0 Å². The highest BCUT2D eigenvalue weighted by Gasteiger charge is 2.21. The Morgan fingerprint density at radius 1 is 1.19 bits per heavy atom. The normalized spacial score (nSPS) is 13.0. The number of nitrogens with one attached hydrogen (secondary N) is 3. The molecule has 0 bridgehead atoms. The first kappa shape index (κ1) is 19.4. The molecular formula is C19H19N7O6. The molecule has 0 spiro atoms. The van der Waals surface area contributed by atoms with Gasteiger partial charge in [-0.3, -0.25) is 19.4 Å².